The van der Waals surface area contributed by atoms with Crippen molar-refractivity contribution in [3.05, 3.63) is 65.2 Å². The third-order valence-electron chi connectivity index (χ3n) is 5.00. The van der Waals surface area contributed by atoms with Crippen LogP contribution < -0.4 is 4.18 Å². The van der Waals surface area contributed by atoms with E-state index in [4.69, 9.17) is 4.74 Å². The van der Waals surface area contributed by atoms with Crippen LogP contribution in [0.4, 0.5) is 13.2 Å². The first kappa shape index (κ1) is 23.7. The van der Waals surface area contributed by atoms with Gasteiger partial charge in [-0.3, -0.25) is 14.5 Å². The van der Waals surface area contributed by atoms with E-state index in [0.717, 1.165) is 12.1 Å². The van der Waals surface area contributed by atoms with E-state index in [9.17, 15) is 31.2 Å². The first-order valence-electron chi connectivity index (χ1n) is 9.61. The fourth-order valence-electron chi connectivity index (χ4n) is 3.34. The molecule has 2 aromatic carbocycles. The highest BCUT2D eigenvalue weighted by Crippen LogP contribution is 2.27. The fraction of sp³-hybridized carbons (Fsp3) is 0.333. The van der Waals surface area contributed by atoms with Crippen LogP contribution in [0.1, 0.15) is 39.1 Å². The molecule has 7 nitrogen and oxygen atoms in total. The molecular formula is C21H20F3NO6S. The first-order chi connectivity index (χ1) is 15.0. The predicted molar refractivity (Wildman–Crippen MR) is 108 cm³/mol. The number of carbonyl (C=O) groups excluding carboxylic acids is 2. The molecule has 0 saturated heterocycles. The van der Waals surface area contributed by atoms with E-state index in [1.165, 1.54) is 24.1 Å². The van der Waals surface area contributed by atoms with Crippen molar-refractivity contribution in [1.29, 1.82) is 0 Å². The Morgan fingerprint density at radius 2 is 1.53 bits per heavy atom. The van der Waals surface area contributed by atoms with Gasteiger partial charge in [-0.1, -0.05) is 24.3 Å². The van der Waals surface area contributed by atoms with Crippen LogP contribution in [0.25, 0.3) is 0 Å². The van der Waals surface area contributed by atoms with Crippen LogP contribution in [-0.2, 0) is 21.3 Å². The van der Waals surface area contributed by atoms with Crippen molar-refractivity contribution in [2.75, 3.05) is 13.7 Å². The molecule has 1 unspecified atom stereocenters. The summed E-state index contributed by atoms with van der Waals surface area (Å²) in [6.07, 6.45) is 1.13. The largest absolute Gasteiger partial charge is 0.534 e. The summed E-state index contributed by atoms with van der Waals surface area (Å²) in [6, 6.07) is 11.8. The molecule has 172 valence electrons. The normalized spacial score (nSPS) is 15.1. The topological polar surface area (TPSA) is 90.0 Å². The molecule has 0 N–H and O–H groups in total. The van der Waals surface area contributed by atoms with Crippen molar-refractivity contribution in [2.45, 2.75) is 30.9 Å². The smallest absolute Gasteiger partial charge is 0.381 e. The van der Waals surface area contributed by atoms with E-state index in [1.54, 1.807) is 24.3 Å². The standard InChI is InChI=1S/C21H20F3NO6S/c1-30-16(5-4-12-25-19(26)17-6-2-3-7-18(17)20(25)27)13-14-8-10-15(11-9-14)31-32(28,29)21(22,23)24/h2-3,6-11,16H,4-5,12-13H2,1H3. The zero-order valence-corrected chi connectivity index (χ0v) is 17.8. The third kappa shape index (κ3) is 5.10. The molecule has 1 aliphatic heterocycles. The molecule has 1 aliphatic rings. The summed E-state index contributed by atoms with van der Waals surface area (Å²) in [7, 11) is -4.22. The van der Waals surface area contributed by atoms with Gasteiger partial charge in [0, 0.05) is 13.7 Å². The second-order valence-electron chi connectivity index (χ2n) is 7.14. The van der Waals surface area contributed by atoms with Crippen molar-refractivity contribution in [3.8, 4) is 5.75 Å². The molecule has 0 spiro atoms. The molecule has 1 atom stereocenters. The van der Waals surface area contributed by atoms with E-state index >= 15 is 0 Å². The van der Waals surface area contributed by atoms with Gasteiger partial charge in [0.15, 0.2) is 0 Å². The number of carbonyl (C=O) groups is 2. The summed E-state index contributed by atoms with van der Waals surface area (Å²) in [5, 5.41) is 0. The SMILES string of the molecule is COC(CCCN1C(=O)c2ccccc2C1=O)Cc1ccc(OS(=O)(=O)C(F)(F)F)cc1. The number of hydrogen-bond acceptors (Lipinski definition) is 6. The second kappa shape index (κ2) is 9.29. The average molecular weight is 471 g/mol. The molecule has 0 aliphatic carbocycles. The van der Waals surface area contributed by atoms with Gasteiger partial charge in [0.05, 0.1) is 17.2 Å². The second-order valence-corrected chi connectivity index (χ2v) is 8.68. The lowest BCUT2D eigenvalue weighted by Gasteiger charge is -2.18. The van der Waals surface area contributed by atoms with Crippen LogP contribution in [0.15, 0.2) is 48.5 Å². The maximum Gasteiger partial charge on any atom is 0.534 e. The highest BCUT2D eigenvalue weighted by atomic mass is 32.2. The Kier molecular flexibility index (Phi) is 6.89. The molecular weight excluding hydrogens is 451 g/mol. The maximum atomic E-state index is 12.4. The van der Waals surface area contributed by atoms with Gasteiger partial charge >= 0.3 is 15.6 Å². The summed E-state index contributed by atoms with van der Waals surface area (Å²) in [5.41, 5.74) is -4.05. The Bertz CT molecular complexity index is 1060. The molecule has 0 radical (unpaired) electrons. The number of fused-ring (bicyclic) bond motifs is 1. The predicted octanol–water partition coefficient (Wildman–Crippen LogP) is 3.55. The lowest BCUT2D eigenvalue weighted by atomic mass is 10.0. The molecule has 0 saturated carbocycles. The average Bonchev–Trinajstić information content (AvgIpc) is 2.98. The summed E-state index contributed by atoms with van der Waals surface area (Å²) in [6.45, 7) is 0.230. The fourth-order valence-corrected chi connectivity index (χ4v) is 3.80. The van der Waals surface area contributed by atoms with E-state index in [0.29, 0.717) is 36.0 Å². The maximum absolute atomic E-state index is 12.4. The summed E-state index contributed by atoms with van der Waals surface area (Å²) in [4.78, 5) is 26.0. The van der Waals surface area contributed by atoms with Crippen molar-refractivity contribution in [1.82, 2.24) is 4.90 Å². The summed E-state index contributed by atoms with van der Waals surface area (Å²) >= 11 is 0. The molecule has 2 aromatic rings. The van der Waals surface area contributed by atoms with E-state index in [1.807, 2.05) is 0 Å². The number of amides is 2. The number of nitrogens with zero attached hydrogens (tertiary/aromatic N) is 1. The van der Waals surface area contributed by atoms with Gasteiger partial charge in [-0.05, 0) is 49.1 Å². The number of halogens is 3. The minimum Gasteiger partial charge on any atom is -0.381 e. The molecule has 11 heteroatoms. The van der Waals surface area contributed by atoms with Gasteiger partial charge in [-0.2, -0.15) is 21.6 Å². The first-order valence-corrected chi connectivity index (χ1v) is 11.0. The number of alkyl halides is 3. The van der Waals surface area contributed by atoms with Crippen LogP contribution in [-0.4, -0.2) is 50.4 Å². The summed E-state index contributed by atoms with van der Waals surface area (Å²) in [5.74, 6) is -1.11. The van der Waals surface area contributed by atoms with Crippen LogP contribution in [0.3, 0.4) is 0 Å². The van der Waals surface area contributed by atoms with Gasteiger partial charge in [0.1, 0.15) is 5.75 Å². The molecule has 0 aromatic heterocycles. The molecule has 32 heavy (non-hydrogen) atoms. The van der Waals surface area contributed by atoms with E-state index in [2.05, 4.69) is 4.18 Å². The van der Waals surface area contributed by atoms with Crippen LogP contribution in [0.2, 0.25) is 0 Å². The molecule has 2 amide bonds. The number of imide groups is 1. The van der Waals surface area contributed by atoms with Crippen molar-refractivity contribution in [2.24, 2.45) is 0 Å². The Balaban J connectivity index is 1.53. The molecule has 1 heterocycles. The highest BCUT2D eigenvalue weighted by molar-refractivity contribution is 7.88. The van der Waals surface area contributed by atoms with Crippen LogP contribution in [0.5, 0.6) is 5.75 Å². The van der Waals surface area contributed by atoms with Crippen molar-refractivity contribution < 1.29 is 40.1 Å². The number of ether oxygens (including phenoxy) is 1. The van der Waals surface area contributed by atoms with E-state index in [-0.39, 0.29) is 24.5 Å². The Labute approximate surface area is 182 Å². The number of rotatable bonds is 9. The van der Waals surface area contributed by atoms with E-state index < -0.39 is 21.4 Å². The molecule has 3 rings (SSSR count). The van der Waals surface area contributed by atoms with Crippen LogP contribution in [0, 0.1) is 0 Å². The highest BCUT2D eigenvalue weighted by Gasteiger charge is 2.48. The lowest BCUT2D eigenvalue weighted by Crippen LogP contribution is -2.31. The monoisotopic (exact) mass is 471 g/mol. The Hall–Kier alpha value is -2.92. The minimum absolute atomic E-state index is 0.230. The zero-order chi connectivity index (χ0) is 23.5. The zero-order valence-electron chi connectivity index (χ0n) is 17.0. The number of hydrogen-bond donors (Lipinski definition) is 0. The molecule has 0 bridgehead atoms. The van der Waals surface area contributed by atoms with Crippen molar-refractivity contribution >= 4 is 21.9 Å². The number of benzene rings is 2. The van der Waals surface area contributed by atoms with Crippen LogP contribution >= 0.6 is 0 Å². The van der Waals surface area contributed by atoms with Gasteiger partial charge in [-0.25, -0.2) is 0 Å². The lowest BCUT2D eigenvalue weighted by molar-refractivity contribution is -0.0500. The van der Waals surface area contributed by atoms with Gasteiger partial charge in [-0.15, -0.1) is 0 Å². The quantitative estimate of drug-likeness (QED) is 0.316. The van der Waals surface area contributed by atoms with Gasteiger partial charge < -0.3 is 8.92 Å². The molecule has 0 fully saturated rings. The Morgan fingerprint density at radius 3 is 2.03 bits per heavy atom. The van der Waals surface area contributed by atoms with Gasteiger partial charge in [0.2, 0.25) is 0 Å². The Morgan fingerprint density at radius 1 is 0.969 bits per heavy atom. The van der Waals surface area contributed by atoms with Crippen molar-refractivity contribution in [3.63, 3.8) is 0 Å². The summed E-state index contributed by atoms with van der Waals surface area (Å²) < 4.78 is 68.8. The van der Waals surface area contributed by atoms with Gasteiger partial charge in [0.25, 0.3) is 11.8 Å². The third-order valence-corrected chi connectivity index (χ3v) is 5.97. The minimum atomic E-state index is -5.72. The number of methoxy groups -OCH3 is 1.